The molecule has 0 bridgehead atoms. The van der Waals surface area contributed by atoms with Gasteiger partial charge in [-0.25, -0.2) is 4.98 Å². The fourth-order valence-corrected chi connectivity index (χ4v) is 5.34. The van der Waals surface area contributed by atoms with Crippen LogP contribution in [0.1, 0.15) is 10.6 Å². The molecule has 0 saturated heterocycles. The molecule has 5 rings (SSSR count). The minimum absolute atomic E-state index is 0.0511. The zero-order chi connectivity index (χ0) is 24.5. The quantitative estimate of drug-likeness (QED) is 0.217. The molecule has 0 unspecified atom stereocenters. The summed E-state index contributed by atoms with van der Waals surface area (Å²) >= 11 is 25.7. The summed E-state index contributed by atoms with van der Waals surface area (Å²) in [5.74, 6) is 0.103. The van der Waals surface area contributed by atoms with Crippen molar-refractivity contribution in [2.45, 2.75) is 0 Å². The van der Waals surface area contributed by atoms with E-state index in [1.807, 2.05) is 30.3 Å². The number of thiocarbonyl (C=S) groups is 1. The zero-order valence-electron chi connectivity index (χ0n) is 17.6. The number of nitrogens with one attached hydrogen (secondary N) is 2. The van der Waals surface area contributed by atoms with Crippen LogP contribution in [0.5, 0.6) is 0 Å². The smallest absolute Gasteiger partial charge is 0.293 e. The molecule has 10 heteroatoms. The van der Waals surface area contributed by atoms with Gasteiger partial charge in [-0.2, -0.15) is 0 Å². The van der Waals surface area contributed by atoms with Crippen molar-refractivity contribution in [2.75, 3.05) is 5.32 Å². The minimum Gasteiger partial charge on any atom is -0.451 e. The average molecular weight is 559 g/mol. The monoisotopic (exact) mass is 557 g/mol. The van der Waals surface area contributed by atoms with Gasteiger partial charge in [-0.1, -0.05) is 59.1 Å². The molecule has 35 heavy (non-hydrogen) atoms. The Labute approximate surface area is 224 Å². The van der Waals surface area contributed by atoms with Gasteiger partial charge in [0.1, 0.15) is 10.8 Å². The molecule has 0 spiro atoms. The molecule has 0 fully saturated rings. The number of nitrogens with zero attached hydrogens (tertiary/aromatic N) is 1. The Morgan fingerprint density at radius 3 is 2.57 bits per heavy atom. The van der Waals surface area contributed by atoms with Crippen LogP contribution in [0.4, 0.5) is 5.69 Å². The van der Waals surface area contributed by atoms with Crippen molar-refractivity contribution in [3.05, 3.63) is 93.6 Å². The number of benzene rings is 3. The number of halogens is 3. The van der Waals surface area contributed by atoms with Gasteiger partial charge in [0.05, 0.1) is 25.9 Å². The maximum absolute atomic E-state index is 12.7. The van der Waals surface area contributed by atoms with Crippen molar-refractivity contribution in [3.8, 4) is 21.9 Å². The number of para-hydroxylation sites is 1. The molecule has 1 amide bonds. The number of carbonyl (C=O) groups excluding carboxylic acids is 1. The summed E-state index contributed by atoms with van der Waals surface area (Å²) in [6.45, 7) is 0. The average Bonchev–Trinajstić information content (AvgIpc) is 3.48. The normalized spacial score (nSPS) is 10.9. The number of rotatable bonds is 4. The molecular formula is C25H14Cl3N3O2S2. The molecule has 2 aromatic heterocycles. The number of amides is 1. The van der Waals surface area contributed by atoms with Crippen molar-refractivity contribution in [1.82, 2.24) is 10.3 Å². The van der Waals surface area contributed by atoms with Crippen molar-refractivity contribution < 1.29 is 9.21 Å². The SMILES string of the molecule is O=C(NC(=S)Nc1cc(-c2nc3ccccc3s2)c(Cl)cc1Cl)c1ccc(-c2cccc(Cl)c2)o1. The van der Waals surface area contributed by atoms with Gasteiger partial charge in [-0.3, -0.25) is 10.1 Å². The van der Waals surface area contributed by atoms with Crippen LogP contribution in [0.3, 0.4) is 0 Å². The topological polar surface area (TPSA) is 67.2 Å². The molecule has 3 aromatic carbocycles. The van der Waals surface area contributed by atoms with Gasteiger partial charge < -0.3 is 9.73 Å². The van der Waals surface area contributed by atoms with E-state index in [-0.39, 0.29) is 10.9 Å². The number of anilines is 1. The number of fused-ring (bicyclic) bond motifs is 1. The predicted octanol–water partition coefficient (Wildman–Crippen LogP) is 8.31. The molecule has 2 heterocycles. The largest absolute Gasteiger partial charge is 0.451 e. The Balaban J connectivity index is 1.32. The van der Waals surface area contributed by atoms with Crippen LogP contribution in [-0.4, -0.2) is 16.0 Å². The van der Waals surface area contributed by atoms with E-state index in [9.17, 15) is 4.79 Å². The Kier molecular flexibility index (Phi) is 6.77. The second kappa shape index (κ2) is 9.97. The summed E-state index contributed by atoms with van der Waals surface area (Å²) in [5.41, 5.74) is 2.82. The number of thiazole rings is 1. The van der Waals surface area contributed by atoms with Crippen molar-refractivity contribution in [3.63, 3.8) is 0 Å². The van der Waals surface area contributed by atoms with E-state index in [2.05, 4.69) is 15.6 Å². The van der Waals surface area contributed by atoms with Crippen LogP contribution < -0.4 is 10.6 Å². The first-order valence-electron chi connectivity index (χ1n) is 10.2. The van der Waals surface area contributed by atoms with E-state index in [4.69, 9.17) is 51.4 Å². The standard InChI is InChI=1S/C25H14Cl3N3O2S2/c26-14-5-3-4-13(10-14)20-8-9-21(33-20)23(32)31-25(34)30-19-11-15(16(27)12-17(19)28)24-29-18-6-1-2-7-22(18)35-24/h1-12H,(H2,30,31,32,34). The van der Waals surface area contributed by atoms with Crippen LogP contribution in [0.2, 0.25) is 15.1 Å². The summed E-state index contributed by atoms with van der Waals surface area (Å²) in [6, 6.07) is 21.6. The lowest BCUT2D eigenvalue weighted by Crippen LogP contribution is -2.34. The lowest BCUT2D eigenvalue weighted by Gasteiger charge is -2.12. The van der Waals surface area contributed by atoms with E-state index < -0.39 is 5.91 Å². The number of aromatic nitrogens is 1. The van der Waals surface area contributed by atoms with E-state index in [0.717, 1.165) is 20.8 Å². The summed E-state index contributed by atoms with van der Waals surface area (Å²) in [4.78, 5) is 17.3. The summed E-state index contributed by atoms with van der Waals surface area (Å²) in [5, 5.41) is 7.72. The van der Waals surface area contributed by atoms with Crippen LogP contribution in [-0.2, 0) is 0 Å². The van der Waals surface area contributed by atoms with Gasteiger partial charge in [0, 0.05) is 16.1 Å². The molecule has 0 saturated carbocycles. The zero-order valence-corrected chi connectivity index (χ0v) is 21.5. The Bertz CT molecular complexity index is 1560. The first kappa shape index (κ1) is 23.8. The molecule has 174 valence electrons. The maximum atomic E-state index is 12.7. The summed E-state index contributed by atoms with van der Waals surface area (Å²) in [7, 11) is 0. The molecule has 5 nitrogen and oxygen atoms in total. The highest BCUT2D eigenvalue weighted by Gasteiger charge is 2.17. The van der Waals surface area contributed by atoms with Gasteiger partial charge >= 0.3 is 0 Å². The summed E-state index contributed by atoms with van der Waals surface area (Å²) < 4.78 is 6.72. The van der Waals surface area contributed by atoms with E-state index >= 15 is 0 Å². The number of furan rings is 1. The van der Waals surface area contributed by atoms with Gasteiger partial charge in [-0.15, -0.1) is 11.3 Å². The first-order chi connectivity index (χ1) is 16.9. The lowest BCUT2D eigenvalue weighted by molar-refractivity contribution is 0.0951. The molecule has 0 aliphatic rings. The number of hydrogen-bond acceptors (Lipinski definition) is 5. The highest BCUT2D eigenvalue weighted by atomic mass is 35.5. The second-order valence-electron chi connectivity index (χ2n) is 7.38. The molecule has 0 aliphatic carbocycles. The van der Waals surface area contributed by atoms with Crippen molar-refractivity contribution in [1.29, 1.82) is 0 Å². The van der Waals surface area contributed by atoms with Crippen molar-refractivity contribution >= 4 is 85.3 Å². The molecular weight excluding hydrogens is 545 g/mol. The van der Waals surface area contributed by atoms with Crippen LogP contribution in [0.15, 0.2) is 77.2 Å². The Hall–Kier alpha value is -2.94. The Morgan fingerprint density at radius 1 is 0.943 bits per heavy atom. The van der Waals surface area contributed by atoms with E-state index in [0.29, 0.717) is 32.1 Å². The minimum atomic E-state index is -0.507. The van der Waals surface area contributed by atoms with Crippen molar-refractivity contribution in [2.24, 2.45) is 0 Å². The lowest BCUT2D eigenvalue weighted by atomic mass is 10.2. The third kappa shape index (κ3) is 5.19. The van der Waals surface area contributed by atoms with Gasteiger partial charge in [-0.05, 0) is 60.7 Å². The predicted molar refractivity (Wildman–Crippen MR) is 148 cm³/mol. The fraction of sp³-hybridized carbons (Fsp3) is 0. The molecule has 0 atom stereocenters. The van der Waals surface area contributed by atoms with E-state index in [1.165, 1.54) is 11.3 Å². The van der Waals surface area contributed by atoms with Crippen LogP contribution in [0.25, 0.3) is 32.1 Å². The van der Waals surface area contributed by atoms with Gasteiger partial charge in [0.15, 0.2) is 10.9 Å². The second-order valence-corrected chi connectivity index (χ2v) is 10.1. The highest BCUT2D eigenvalue weighted by Crippen LogP contribution is 2.39. The molecule has 0 radical (unpaired) electrons. The third-order valence-electron chi connectivity index (χ3n) is 5.00. The van der Waals surface area contributed by atoms with E-state index in [1.54, 1.807) is 42.5 Å². The first-order valence-corrected chi connectivity index (χ1v) is 12.6. The Morgan fingerprint density at radius 2 is 1.77 bits per heavy atom. The highest BCUT2D eigenvalue weighted by molar-refractivity contribution is 7.80. The number of hydrogen-bond donors (Lipinski definition) is 2. The maximum Gasteiger partial charge on any atom is 0.293 e. The van der Waals surface area contributed by atoms with Crippen LogP contribution in [0, 0.1) is 0 Å². The van der Waals surface area contributed by atoms with Crippen LogP contribution >= 0.6 is 58.4 Å². The molecule has 0 aliphatic heterocycles. The number of carbonyl (C=O) groups is 1. The molecule has 2 N–H and O–H groups in total. The van der Waals surface area contributed by atoms with Gasteiger partial charge in [0.25, 0.3) is 5.91 Å². The summed E-state index contributed by atoms with van der Waals surface area (Å²) in [6.07, 6.45) is 0. The van der Waals surface area contributed by atoms with Gasteiger partial charge in [0.2, 0.25) is 0 Å². The molecule has 5 aromatic rings. The third-order valence-corrected chi connectivity index (χ3v) is 7.13. The fourth-order valence-electron chi connectivity index (χ4n) is 3.37.